The van der Waals surface area contributed by atoms with Gasteiger partial charge in [-0.2, -0.15) is 0 Å². The molecule has 0 amide bonds. The molecular weight excluding hydrogens is 292 g/mol. The zero-order chi connectivity index (χ0) is 15.2. The highest BCUT2D eigenvalue weighted by Gasteiger charge is 2.46. The van der Waals surface area contributed by atoms with Crippen molar-refractivity contribution in [2.24, 2.45) is 0 Å². The van der Waals surface area contributed by atoms with E-state index in [1.807, 2.05) is 13.1 Å². The molecule has 0 saturated heterocycles. The van der Waals surface area contributed by atoms with Crippen molar-refractivity contribution < 1.29 is 4.74 Å². The van der Waals surface area contributed by atoms with Crippen molar-refractivity contribution in [3.63, 3.8) is 0 Å². The van der Waals surface area contributed by atoms with E-state index in [1.165, 1.54) is 16.7 Å². The van der Waals surface area contributed by atoms with Gasteiger partial charge in [0.15, 0.2) is 10.7 Å². The van der Waals surface area contributed by atoms with Crippen LogP contribution >= 0.6 is 12.2 Å². The average Bonchev–Trinajstić information content (AvgIpc) is 2.92. The maximum Gasteiger partial charge on any atom is 0.169 e. The lowest BCUT2D eigenvalue weighted by atomic mass is 9.82. The lowest BCUT2D eigenvalue weighted by molar-refractivity contribution is 0.0507. The van der Waals surface area contributed by atoms with Crippen molar-refractivity contribution in [2.45, 2.75) is 18.6 Å². The van der Waals surface area contributed by atoms with Crippen molar-refractivity contribution in [3.05, 3.63) is 65.2 Å². The molecule has 4 heteroatoms. The minimum atomic E-state index is -0.334. The number of hydrogen-bond acceptors (Lipinski definition) is 2. The summed E-state index contributed by atoms with van der Waals surface area (Å²) in [6.07, 6.45) is 0.892. The number of nitrogens with one attached hydrogen (secondary N) is 1. The summed E-state index contributed by atoms with van der Waals surface area (Å²) in [5.74, 6) is 0.995. The molecule has 2 aromatic carbocycles. The molecule has 4 rings (SSSR count). The molecule has 2 aromatic rings. The Kier molecular flexibility index (Phi) is 3.08. The van der Waals surface area contributed by atoms with Gasteiger partial charge >= 0.3 is 0 Å². The number of benzene rings is 2. The van der Waals surface area contributed by atoms with Gasteiger partial charge in [0.25, 0.3) is 0 Å². The molecule has 0 aliphatic carbocycles. The molecule has 22 heavy (non-hydrogen) atoms. The third-order valence-corrected chi connectivity index (χ3v) is 5.03. The van der Waals surface area contributed by atoms with Crippen molar-refractivity contribution in [3.8, 4) is 5.75 Å². The van der Waals surface area contributed by atoms with E-state index in [-0.39, 0.29) is 5.60 Å². The minimum absolute atomic E-state index is 0.334. The molecule has 3 nitrogen and oxygen atoms in total. The second-order valence-electron chi connectivity index (χ2n) is 5.95. The van der Waals surface area contributed by atoms with Gasteiger partial charge in [0.2, 0.25) is 0 Å². The van der Waals surface area contributed by atoms with Crippen molar-refractivity contribution in [1.29, 1.82) is 0 Å². The molecule has 112 valence electrons. The van der Waals surface area contributed by atoms with Gasteiger partial charge < -0.3 is 15.0 Å². The number of hydrogen-bond donors (Lipinski definition) is 1. The molecule has 0 saturated carbocycles. The van der Waals surface area contributed by atoms with Crippen LogP contribution in [0.1, 0.15) is 16.7 Å². The molecule has 0 fully saturated rings. The van der Waals surface area contributed by atoms with Crippen LogP contribution in [0.25, 0.3) is 0 Å². The van der Waals surface area contributed by atoms with Crippen molar-refractivity contribution in [2.75, 3.05) is 13.6 Å². The van der Waals surface area contributed by atoms with Crippen LogP contribution in [0.4, 0.5) is 0 Å². The molecule has 0 radical (unpaired) electrons. The van der Waals surface area contributed by atoms with Gasteiger partial charge in [-0.05, 0) is 29.4 Å². The highest BCUT2D eigenvalue weighted by molar-refractivity contribution is 7.80. The molecule has 1 spiro atoms. The molecule has 2 aliphatic rings. The zero-order valence-electron chi connectivity index (χ0n) is 12.5. The van der Waals surface area contributed by atoms with Crippen molar-refractivity contribution >= 4 is 17.3 Å². The predicted molar refractivity (Wildman–Crippen MR) is 91.0 cm³/mol. The molecule has 1 atom stereocenters. The van der Waals surface area contributed by atoms with E-state index in [0.717, 1.165) is 30.4 Å². The second-order valence-corrected chi connectivity index (χ2v) is 6.34. The first-order chi connectivity index (χ1) is 10.7. The van der Waals surface area contributed by atoms with E-state index in [0.29, 0.717) is 0 Å². The fraction of sp³-hybridized carbons (Fsp3) is 0.278. The lowest BCUT2D eigenvalue weighted by Gasteiger charge is -2.42. The van der Waals surface area contributed by atoms with Crippen LogP contribution in [-0.4, -0.2) is 23.6 Å². The molecule has 2 heterocycles. The normalized spacial score (nSPS) is 22.0. The van der Waals surface area contributed by atoms with Gasteiger partial charge in [0.05, 0.1) is 6.54 Å². The Morgan fingerprint density at radius 3 is 2.64 bits per heavy atom. The maximum atomic E-state index is 6.46. The summed E-state index contributed by atoms with van der Waals surface area (Å²) in [5, 5.41) is 3.87. The summed E-state index contributed by atoms with van der Waals surface area (Å²) in [6.45, 7) is 1.61. The van der Waals surface area contributed by atoms with Gasteiger partial charge in [-0.15, -0.1) is 0 Å². The lowest BCUT2D eigenvalue weighted by Crippen LogP contribution is -2.52. The van der Waals surface area contributed by atoms with E-state index < -0.39 is 0 Å². The summed E-state index contributed by atoms with van der Waals surface area (Å²) < 4.78 is 6.46. The Morgan fingerprint density at radius 1 is 1.14 bits per heavy atom. The number of thiocarbonyl (C=S) groups is 1. The van der Waals surface area contributed by atoms with Gasteiger partial charge in [-0.3, -0.25) is 0 Å². The van der Waals surface area contributed by atoms with Crippen LogP contribution in [0.5, 0.6) is 5.75 Å². The van der Waals surface area contributed by atoms with Gasteiger partial charge in [0.1, 0.15) is 5.75 Å². The van der Waals surface area contributed by atoms with Crippen LogP contribution in [0.2, 0.25) is 0 Å². The molecule has 1 N–H and O–H groups in total. The third kappa shape index (κ3) is 1.98. The Balaban J connectivity index is 1.80. The van der Waals surface area contributed by atoms with E-state index in [9.17, 15) is 0 Å². The van der Waals surface area contributed by atoms with Gasteiger partial charge in [0, 0.05) is 25.6 Å². The Hall–Kier alpha value is -2.07. The molecule has 0 bridgehead atoms. The molecule has 2 aliphatic heterocycles. The van der Waals surface area contributed by atoms with E-state index in [2.05, 4.69) is 52.7 Å². The highest BCUT2D eigenvalue weighted by Crippen LogP contribution is 2.45. The smallest absolute Gasteiger partial charge is 0.169 e. The third-order valence-electron chi connectivity index (χ3n) is 4.57. The maximum absolute atomic E-state index is 6.46. The first kappa shape index (κ1) is 13.6. The topological polar surface area (TPSA) is 24.5 Å². The first-order valence-electron chi connectivity index (χ1n) is 7.54. The van der Waals surface area contributed by atoms with E-state index in [1.54, 1.807) is 0 Å². The number of rotatable bonds is 0. The zero-order valence-corrected chi connectivity index (χ0v) is 13.3. The largest absolute Gasteiger partial charge is 0.480 e. The second kappa shape index (κ2) is 4.99. The van der Waals surface area contributed by atoms with Crippen LogP contribution < -0.4 is 10.1 Å². The summed E-state index contributed by atoms with van der Waals surface area (Å²) in [4.78, 5) is 2.20. The first-order valence-corrected chi connectivity index (χ1v) is 7.95. The Morgan fingerprint density at radius 2 is 1.86 bits per heavy atom. The average molecular weight is 310 g/mol. The van der Waals surface area contributed by atoms with Crippen molar-refractivity contribution in [1.82, 2.24) is 10.2 Å². The Bertz CT molecular complexity index is 718. The van der Waals surface area contributed by atoms with Crippen LogP contribution in [0, 0.1) is 0 Å². The summed E-state index contributed by atoms with van der Waals surface area (Å²) in [5.41, 5.74) is 3.52. The quantitative estimate of drug-likeness (QED) is 0.756. The number of ether oxygens (including phenoxy) is 1. The summed E-state index contributed by atoms with van der Waals surface area (Å²) >= 11 is 5.47. The fourth-order valence-corrected chi connectivity index (χ4v) is 3.73. The standard InChI is InChI=1S/C18H18N2OS/c1-19-17(22)20-11-14-7-2-4-8-15(14)18(12-20)10-13-6-3-5-9-16(13)21-18/h2-9H,10-12H2,1H3,(H,19,22). The summed E-state index contributed by atoms with van der Waals surface area (Å²) in [6, 6.07) is 16.9. The minimum Gasteiger partial charge on any atom is -0.480 e. The highest BCUT2D eigenvalue weighted by atomic mass is 32.1. The van der Waals surface area contributed by atoms with Crippen LogP contribution in [0.3, 0.4) is 0 Å². The van der Waals surface area contributed by atoms with E-state index >= 15 is 0 Å². The van der Waals surface area contributed by atoms with Gasteiger partial charge in [-0.1, -0.05) is 42.5 Å². The molecular formula is C18H18N2OS. The predicted octanol–water partition coefficient (Wildman–Crippen LogP) is 2.84. The van der Waals surface area contributed by atoms with Crippen LogP contribution in [0.15, 0.2) is 48.5 Å². The molecule has 0 aromatic heterocycles. The summed E-state index contributed by atoms with van der Waals surface area (Å²) in [7, 11) is 1.87. The number of para-hydroxylation sites is 1. The number of fused-ring (bicyclic) bond motifs is 3. The SMILES string of the molecule is CNC(=S)N1Cc2ccccc2C2(Cc3ccccc3O2)C1. The molecule has 1 unspecified atom stereocenters. The fourth-order valence-electron chi connectivity index (χ4n) is 3.60. The van der Waals surface area contributed by atoms with Crippen LogP contribution in [-0.2, 0) is 18.6 Å². The Labute approximate surface area is 135 Å². The van der Waals surface area contributed by atoms with E-state index in [4.69, 9.17) is 17.0 Å². The van der Waals surface area contributed by atoms with Gasteiger partial charge in [-0.25, -0.2) is 0 Å². The monoisotopic (exact) mass is 310 g/mol. The number of nitrogens with zero attached hydrogens (tertiary/aromatic N) is 1.